The van der Waals surface area contributed by atoms with Crippen LogP contribution in [0.5, 0.6) is 11.5 Å². The molecule has 1 heterocycles. The van der Waals surface area contributed by atoms with Crippen LogP contribution in [0.3, 0.4) is 0 Å². The SMILES string of the molecule is CC(=O)Nc1cccc(OCCCN2C(=O)CCSC2c2ccc(O)cc2)c1. The van der Waals surface area contributed by atoms with Crippen molar-refractivity contribution in [3.63, 3.8) is 0 Å². The minimum absolute atomic E-state index is 0.0371. The number of ether oxygens (including phenoxy) is 1. The molecule has 1 unspecified atom stereocenters. The van der Waals surface area contributed by atoms with Crippen molar-refractivity contribution in [1.29, 1.82) is 0 Å². The number of amides is 2. The minimum Gasteiger partial charge on any atom is -0.508 e. The number of nitrogens with zero attached hydrogens (tertiary/aromatic N) is 1. The van der Waals surface area contributed by atoms with E-state index in [9.17, 15) is 14.7 Å². The second kappa shape index (κ2) is 9.50. The number of carbonyl (C=O) groups excluding carboxylic acids is 2. The molecule has 0 spiro atoms. The maximum atomic E-state index is 12.4. The zero-order valence-corrected chi connectivity index (χ0v) is 16.6. The van der Waals surface area contributed by atoms with Crippen molar-refractivity contribution in [1.82, 2.24) is 4.90 Å². The van der Waals surface area contributed by atoms with Gasteiger partial charge in [-0.3, -0.25) is 9.59 Å². The molecule has 1 aliphatic heterocycles. The van der Waals surface area contributed by atoms with Gasteiger partial charge in [0.1, 0.15) is 16.9 Å². The maximum Gasteiger partial charge on any atom is 0.224 e. The molecule has 1 saturated heterocycles. The Morgan fingerprint density at radius 1 is 1.29 bits per heavy atom. The molecule has 6 nitrogen and oxygen atoms in total. The first-order chi connectivity index (χ1) is 13.5. The molecule has 2 aromatic rings. The first-order valence-corrected chi connectivity index (χ1v) is 10.3. The fourth-order valence-corrected chi connectivity index (χ4v) is 4.34. The molecule has 2 N–H and O–H groups in total. The van der Waals surface area contributed by atoms with Crippen molar-refractivity contribution >= 4 is 29.3 Å². The third-order valence-corrected chi connectivity index (χ3v) is 5.62. The number of phenolic OH excluding ortho intramolecular Hbond substituents is 1. The minimum atomic E-state index is -0.126. The summed E-state index contributed by atoms with van der Waals surface area (Å²) < 4.78 is 5.78. The molecule has 7 heteroatoms. The van der Waals surface area contributed by atoms with Crippen molar-refractivity contribution in [3.05, 3.63) is 54.1 Å². The Balaban J connectivity index is 1.55. The summed E-state index contributed by atoms with van der Waals surface area (Å²) in [5, 5.41) is 12.2. The van der Waals surface area contributed by atoms with E-state index in [1.807, 2.05) is 29.2 Å². The predicted molar refractivity (Wildman–Crippen MR) is 110 cm³/mol. The van der Waals surface area contributed by atoms with E-state index in [1.54, 1.807) is 36.0 Å². The summed E-state index contributed by atoms with van der Waals surface area (Å²) in [6, 6.07) is 14.3. The Hall–Kier alpha value is -2.67. The summed E-state index contributed by atoms with van der Waals surface area (Å²) in [5.74, 6) is 1.72. The number of thioether (sulfide) groups is 1. The Bertz CT molecular complexity index is 825. The summed E-state index contributed by atoms with van der Waals surface area (Å²) >= 11 is 1.74. The van der Waals surface area contributed by atoms with Gasteiger partial charge < -0.3 is 20.1 Å². The highest BCUT2D eigenvalue weighted by atomic mass is 32.2. The number of aromatic hydroxyl groups is 1. The molecule has 28 heavy (non-hydrogen) atoms. The third-order valence-electron chi connectivity index (χ3n) is 4.34. The smallest absolute Gasteiger partial charge is 0.224 e. The Labute approximate surface area is 168 Å². The third kappa shape index (κ3) is 5.42. The van der Waals surface area contributed by atoms with Crippen molar-refractivity contribution in [2.24, 2.45) is 0 Å². The fourth-order valence-electron chi connectivity index (χ4n) is 3.07. The molecule has 2 amide bonds. The van der Waals surface area contributed by atoms with Crippen molar-refractivity contribution < 1.29 is 19.4 Å². The van der Waals surface area contributed by atoms with Crippen molar-refractivity contribution in [2.45, 2.75) is 25.1 Å². The van der Waals surface area contributed by atoms with E-state index in [-0.39, 0.29) is 22.9 Å². The van der Waals surface area contributed by atoms with Crippen molar-refractivity contribution in [3.8, 4) is 11.5 Å². The number of phenols is 1. The van der Waals surface area contributed by atoms with Crippen molar-refractivity contribution in [2.75, 3.05) is 24.2 Å². The number of hydrogen-bond donors (Lipinski definition) is 2. The Morgan fingerprint density at radius 2 is 2.07 bits per heavy atom. The van der Waals surface area contributed by atoms with E-state index in [0.717, 1.165) is 11.3 Å². The molecular formula is C21H24N2O4S. The van der Waals surface area contributed by atoms with E-state index in [0.29, 0.717) is 37.4 Å². The summed E-state index contributed by atoms with van der Waals surface area (Å²) in [5.41, 5.74) is 1.71. The van der Waals surface area contributed by atoms with Crippen LogP contribution in [0.1, 0.15) is 30.7 Å². The molecule has 0 aromatic heterocycles. The first kappa shape index (κ1) is 20.1. The second-order valence-corrected chi connectivity index (χ2v) is 7.75. The summed E-state index contributed by atoms with van der Waals surface area (Å²) in [4.78, 5) is 25.5. The van der Waals surface area contributed by atoms with Gasteiger partial charge in [0.05, 0.1) is 6.61 Å². The average molecular weight is 400 g/mol. The van der Waals surface area contributed by atoms with Gasteiger partial charge in [0.25, 0.3) is 0 Å². The normalized spacial score (nSPS) is 16.7. The molecule has 0 aliphatic carbocycles. The van der Waals surface area contributed by atoms with E-state index < -0.39 is 0 Å². The number of nitrogens with one attached hydrogen (secondary N) is 1. The molecule has 148 valence electrons. The molecular weight excluding hydrogens is 376 g/mol. The van der Waals surface area contributed by atoms with Gasteiger partial charge in [-0.15, -0.1) is 11.8 Å². The van der Waals surface area contributed by atoms with Crippen LogP contribution in [0.25, 0.3) is 0 Å². The van der Waals surface area contributed by atoms with Gasteiger partial charge in [-0.05, 0) is 36.2 Å². The van der Waals surface area contributed by atoms with Crippen LogP contribution >= 0.6 is 11.8 Å². The quantitative estimate of drug-likeness (QED) is 0.692. The van der Waals surface area contributed by atoms with Crippen LogP contribution < -0.4 is 10.1 Å². The first-order valence-electron chi connectivity index (χ1n) is 9.23. The molecule has 2 aromatic carbocycles. The molecule has 1 atom stereocenters. The Morgan fingerprint density at radius 3 is 2.82 bits per heavy atom. The lowest BCUT2D eigenvalue weighted by Gasteiger charge is -2.35. The number of carbonyl (C=O) groups is 2. The summed E-state index contributed by atoms with van der Waals surface area (Å²) in [7, 11) is 0. The Kier molecular flexibility index (Phi) is 6.81. The standard InChI is InChI=1S/C21H24N2O4S/c1-15(24)22-17-4-2-5-19(14-17)27-12-3-11-23-20(26)10-13-28-21(23)16-6-8-18(25)9-7-16/h2,4-9,14,21,25H,3,10-13H2,1H3,(H,22,24). The van der Waals surface area contributed by atoms with E-state index >= 15 is 0 Å². The molecule has 0 bridgehead atoms. The lowest BCUT2D eigenvalue weighted by molar-refractivity contribution is -0.132. The van der Waals surface area contributed by atoms with Crippen LogP contribution in [0.4, 0.5) is 5.69 Å². The van der Waals surface area contributed by atoms with Gasteiger partial charge in [0.15, 0.2) is 0 Å². The highest BCUT2D eigenvalue weighted by Crippen LogP contribution is 2.37. The summed E-state index contributed by atoms with van der Waals surface area (Å²) in [6.07, 6.45) is 1.24. The topological polar surface area (TPSA) is 78.9 Å². The second-order valence-electron chi connectivity index (χ2n) is 6.56. The zero-order valence-electron chi connectivity index (χ0n) is 15.8. The lowest BCUT2D eigenvalue weighted by atomic mass is 10.2. The molecule has 3 rings (SSSR count). The maximum absolute atomic E-state index is 12.4. The number of anilines is 1. The predicted octanol–water partition coefficient (Wildman–Crippen LogP) is 3.78. The van der Waals surface area contributed by atoms with E-state index in [4.69, 9.17) is 4.74 Å². The highest BCUT2D eigenvalue weighted by molar-refractivity contribution is 7.99. The summed E-state index contributed by atoms with van der Waals surface area (Å²) in [6.45, 7) is 2.54. The van der Waals surface area contributed by atoms with Gasteiger partial charge in [-0.25, -0.2) is 0 Å². The largest absolute Gasteiger partial charge is 0.508 e. The highest BCUT2D eigenvalue weighted by Gasteiger charge is 2.29. The monoisotopic (exact) mass is 400 g/mol. The van der Waals surface area contributed by atoms with Crippen LogP contribution in [0.2, 0.25) is 0 Å². The number of benzene rings is 2. The molecule has 1 fully saturated rings. The van der Waals surface area contributed by atoms with Gasteiger partial charge >= 0.3 is 0 Å². The van der Waals surface area contributed by atoms with Gasteiger partial charge in [0.2, 0.25) is 11.8 Å². The molecule has 1 aliphatic rings. The number of hydrogen-bond acceptors (Lipinski definition) is 5. The lowest BCUT2D eigenvalue weighted by Crippen LogP contribution is -2.38. The zero-order chi connectivity index (χ0) is 19.9. The van der Waals surface area contributed by atoms with E-state index in [1.165, 1.54) is 6.92 Å². The van der Waals surface area contributed by atoms with Crippen LogP contribution in [0, 0.1) is 0 Å². The number of rotatable bonds is 7. The molecule has 0 radical (unpaired) electrons. The van der Waals surface area contributed by atoms with Gasteiger partial charge in [-0.2, -0.15) is 0 Å². The van der Waals surface area contributed by atoms with E-state index in [2.05, 4.69) is 5.32 Å². The van der Waals surface area contributed by atoms with Crippen LogP contribution in [0.15, 0.2) is 48.5 Å². The van der Waals surface area contributed by atoms with Gasteiger partial charge in [0, 0.05) is 37.4 Å². The van der Waals surface area contributed by atoms with Gasteiger partial charge in [-0.1, -0.05) is 18.2 Å². The molecule has 0 saturated carbocycles. The van der Waals surface area contributed by atoms with Crippen LogP contribution in [-0.4, -0.2) is 40.7 Å². The average Bonchev–Trinajstić information content (AvgIpc) is 2.66. The fraction of sp³-hybridized carbons (Fsp3) is 0.333. The van der Waals surface area contributed by atoms with Crippen LogP contribution in [-0.2, 0) is 9.59 Å².